The van der Waals surface area contributed by atoms with Crippen molar-refractivity contribution in [3.63, 3.8) is 0 Å². The molecule has 0 bridgehead atoms. The standard InChI is InChI=1S/C14H16NOSSi/c1-18(2)16-14-8-4-3-6-12(14)10-15-11-13-7-5-9-17-13/h3-9,11H,10H2,1-2H3. The Labute approximate surface area is 114 Å². The number of nitrogens with zero attached hydrogens (tertiary/aromatic N) is 1. The van der Waals surface area contributed by atoms with E-state index in [2.05, 4.69) is 35.6 Å². The van der Waals surface area contributed by atoms with Crippen molar-refractivity contribution in [3.8, 4) is 5.75 Å². The maximum absolute atomic E-state index is 5.86. The summed E-state index contributed by atoms with van der Waals surface area (Å²) < 4.78 is 5.86. The molecule has 2 rings (SSSR count). The molecule has 4 heteroatoms. The van der Waals surface area contributed by atoms with E-state index in [-0.39, 0.29) is 0 Å². The van der Waals surface area contributed by atoms with Crippen LogP contribution in [0.4, 0.5) is 0 Å². The Bertz CT molecular complexity index is 508. The fourth-order valence-corrected chi connectivity index (χ4v) is 2.80. The molecule has 0 atom stereocenters. The molecule has 93 valence electrons. The summed E-state index contributed by atoms with van der Waals surface area (Å²) in [7, 11) is -0.726. The minimum Gasteiger partial charge on any atom is -0.542 e. The summed E-state index contributed by atoms with van der Waals surface area (Å²) in [5, 5.41) is 2.06. The largest absolute Gasteiger partial charge is 0.542 e. The lowest BCUT2D eigenvalue weighted by Crippen LogP contribution is -2.12. The van der Waals surface area contributed by atoms with Gasteiger partial charge in [-0.05, 0) is 30.6 Å². The molecule has 0 fully saturated rings. The van der Waals surface area contributed by atoms with Gasteiger partial charge in [-0.15, -0.1) is 11.3 Å². The van der Waals surface area contributed by atoms with E-state index < -0.39 is 9.04 Å². The maximum atomic E-state index is 5.86. The predicted molar refractivity (Wildman–Crippen MR) is 80.2 cm³/mol. The number of para-hydroxylation sites is 1. The van der Waals surface area contributed by atoms with Crippen LogP contribution in [0.25, 0.3) is 0 Å². The van der Waals surface area contributed by atoms with Crippen molar-refractivity contribution in [1.29, 1.82) is 0 Å². The lowest BCUT2D eigenvalue weighted by Gasteiger charge is -2.11. The van der Waals surface area contributed by atoms with Gasteiger partial charge in [0.25, 0.3) is 9.04 Å². The minimum absolute atomic E-state index is 0.670. The van der Waals surface area contributed by atoms with Crippen molar-refractivity contribution < 1.29 is 4.43 Å². The van der Waals surface area contributed by atoms with Gasteiger partial charge in [-0.2, -0.15) is 0 Å². The fraction of sp³-hybridized carbons (Fsp3) is 0.214. The normalized spacial score (nSPS) is 11.3. The lowest BCUT2D eigenvalue weighted by molar-refractivity contribution is 0.572. The molecule has 1 aromatic carbocycles. The van der Waals surface area contributed by atoms with Crippen molar-refractivity contribution in [3.05, 3.63) is 52.2 Å². The second kappa shape index (κ2) is 6.52. The number of benzene rings is 1. The van der Waals surface area contributed by atoms with Gasteiger partial charge in [0.1, 0.15) is 5.75 Å². The molecule has 1 heterocycles. The van der Waals surface area contributed by atoms with E-state index in [1.54, 1.807) is 11.3 Å². The lowest BCUT2D eigenvalue weighted by atomic mass is 10.2. The summed E-state index contributed by atoms with van der Waals surface area (Å²) in [6.45, 7) is 4.94. The van der Waals surface area contributed by atoms with Crippen LogP contribution in [0.5, 0.6) is 5.75 Å². The van der Waals surface area contributed by atoms with E-state index in [4.69, 9.17) is 4.43 Å². The second-order valence-electron chi connectivity index (χ2n) is 4.10. The highest BCUT2D eigenvalue weighted by molar-refractivity contribution is 7.11. The predicted octanol–water partition coefficient (Wildman–Crippen LogP) is 4.00. The Morgan fingerprint density at radius 2 is 2.06 bits per heavy atom. The Kier molecular flexibility index (Phi) is 4.72. The van der Waals surface area contributed by atoms with Gasteiger partial charge in [0.05, 0.1) is 6.54 Å². The van der Waals surface area contributed by atoms with Gasteiger partial charge >= 0.3 is 0 Å². The molecule has 0 aliphatic carbocycles. The van der Waals surface area contributed by atoms with Crippen LogP contribution in [0.1, 0.15) is 10.4 Å². The summed E-state index contributed by atoms with van der Waals surface area (Å²) in [5.74, 6) is 0.972. The van der Waals surface area contributed by atoms with Crippen molar-refractivity contribution in [1.82, 2.24) is 0 Å². The van der Waals surface area contributed by atoms with Gasteiger partial charge in [0, 0.05) is 16.7 Å². The first-order valence-corrected chi connectivity index (χ1v) is 9.14. The van der Waals surface area contributed by atoms with Crippen LogP contribution in [-0.4, -0.2) is 15.3 Å². The zero-order valence-corrected chi connectivity index (χ0v) is 12.4. The van der Waals surface area contributed by atoms with Gasteiger partial charge in [0.15, 0.2) is 0 Å². The molecular weight excluding hydrogens is 258 g/mol. The highest BCUT2D eigenvalue weighted by Crippen LogP contribution is 2.19. The maximum Gasteiger partial charge on any atom is 0.274 e. The Balaban J connectivity index is 2.04. The van der Waals surface area contributed by atoms with Crippen LogP contribution in [0.15, 0.2) is 46.8 Å². The molecule has 0 aliphatic rings. The zero-order valence-electron chi connectivity index (χ0n) is 10.6. The second-order valence-corrected chi connectivity index (χ2v) is 7.10. The third-order valence-corrected chi connectivity index (χ3v) is 3.75. The van der Waals surface area contributed by atoms with Crippen molar-refractivity contribution in [2.45, 2.75) is 19.6 Å². The molecule has 1 radical (unpaired) electrons. The number of hydrogen-bond donors (Lipinski definition) is 0. The highest BCUT2D eigenvalue weighted by atomic mass is 32.1. The molecule has 2 nitrogen and oxygen atoms in total. The van der Waals surface area contributed by atoms with Crippen molar-refractivity contribution in [2.75, 3.05) is 0 Å². The highest BCUT2D eigenvalue weighted by Gasteiger charge is 2.05. The van der Waals surface area contributed by atoms with Crippen molar-refractivity contribution >= 4 is 26.6 Å². The van der Waals surface area contributed by atoms with E-state index in [0.29, 0.717) is 6.54 Å². The van der Waals surface area contributed by atoms with Gasteiger partial charge in [-0.1, -0.05) is 24.3 Å². The summed E-state index contributed by atoms with van der Waals surface area (Å²) in [5.41, 5.74) is 1.15. The Hall–Kier alpha value is -1.39. The molecular formula is C14H16NOSSi. The summed E-state index contributed by atoms with van der Waals surface area (Å²) in [6.07, 6.45) is 1.92. The van der Waals surface area contributed by atoms with Gasteiger partial charge in [-0.3, -0.25) is 4.99 Å². The number of rotatable bonds is 5. The summed E-state index contributed by atoms with van der Waals surface area (Å²) >= 11 is 1.70. The molecule has 0 saturated heterocycles. The smallest absolute Gasteiger partial charge is 0.274 e. The Morgan fingerprint density at radius 1 is 1.22 bits per heavy atom. The van der Waals surface area contributed by atoms with Crippen LogP contribution in [0.2, 0.25) is 13.1 Å². The van der Waals surface area contributed by atoms with Crippen LogP contribution in [-0.2, 0) is 6.54 Å². The van der Waals surface area contributed by atoms with Gasteiger partial charge in [0.2, 0.25) is 0 Å². The van der Waals surface area contributed by atoms with Gasteiger partial charge in [-0.25, -0.2) is 0 Å². The third kappa shape index (κ3) is 3.82. The Morgan fingerprint density at radius 3 is 2.78 bits per heavy atom. The summed E-state index contributed by atoms with van der Waals surface area (Å²) in [4.78, 5) is 5.65. The monoisotopic (exact) mass is 274 g/mol. The SMILES string of the molecule is C[Si](C)Oc1ccccc1CN=Cc1cccs1. The van der Waals surface area contributed by atoms with E-state index in [0.717, 1.165) is 11.3 Å². The molecule has 0 N–H and O–H groups in total. The van der Waals surface area contributed by atoms with Crippen LogP contribution in [0, 0.1) is 0 Å². The number of thiophene rings is 1. The minimum atomic E-state index is -0.726. The molecule has 0 spiro atoms. The zero-order chi connectivity index (χ0) is 12.8. The van der Waals surface area contributed by atoms with Crippen LogP contribution in [0.3, 0.4) is 0 Å². The third-order valence-electron chi connectivity index (χ3n) is 2.31. The van der Waals surface area contributed by atoms with E-state index in [1.807, 2.05) is 30.5 Å². The van der Waals surface area contributed by atoms with E-state index in [1.165, 1.54) is 4.88 Å². The summed E-state index contributed by atoms with van der Waals surface area (Å²) in [6, 6.07) is 12.2. The van der Waals surface area contributed by atoms with Crippen molar-refractivity contribution in [2.24, 2.45) is 4.99 Å². The van der Waals surface area contributed by atoms with E-state index in [9.17, 15) is 0 Å². The molecule has 2 aromatic rings. The van der Waals surface area contributed by atoms with Crippen LogP contribution >= 0.6 is 11.3 Å². The average molecular weight is 274 g/mol. The molecule has 0 unspecified atom stereocenters. The first-order valence-electron chi connectivity index (χ1n) is 5.85. The van der Waals surface area contributed by atoms with E-state index >= 15 is 0 Å². The first-order chi connectivity index (χ1) is 8.75. The molecule has 18 heavy (non-hydrogen) atoms. The number of hydrogen-bond acceptors (Lipinski definition) is 3. The first kappa shape index (κ1) is 13.0. The number of aliphatic imine (C=N–C) groups is 1. The average Bonchev–Trinajstić information content (AvgIpc) is 2.84. The molecule has 0 amide bonds. The fourth-order valence-electron chi connectivity index (χ4n) is 1.55. The molecule has 0 aliphatic heterocycles. The topological polar surface area (TPSA) is 21.6 Å². The molecule has 0 saturated carbocycles. The van der Waals surface area contributed by atoms with Gasteiger partial charge < -0.3 is 4.43 Å². The van der Waals surface area contributed by atoms with Crippen LogP contribution < -0.4 is 4.43 Å². The molecule has 1 aromatic heterocycles. The quantitative estimate of drug-likeness (QED) is 0.596.